The van der Waals surface area contributed by atoms with Crippen molar-refractivity contribution in [2.45, 2.75) is 18.9 Å². The van der Waals surface area contributed by atoms with Crippen LogP contribution < -0.4 is 9.47 Å². The van der Waals surface area contributed by atoms with Gasteiger partial charge in [-0.25, -0.2) is 0 Å². The third-order valence-corrected chi connectivity index (χ3v) is 2.75. The van der Waals surface area contributed by atoms with E-state index in [9.17, 15) is 0 Å². The van der Waals surface area contributed by atoms with Gasteiger partial charge in [0.15, 0.2) is 0 Å². The molecule has 1 atom stereocenters. The van der Waals surface area contributed by atoms with Gasteiger partial charge in [0.2, 0.25) is 0 Å². The van der Waals surface area contributed by atoms with E-state index in [1.807, 2.05) is 18.2 Å². The van der Waals surface area contributed by atoms with Crippen LogP contribution in [0.3, 0.4) is 0 Å². The fourth-order valence-corrected chi connectivity index (χ4v) is 1.84. The molecule has 0 aliphatic carbocycles. The first-order valence-corrected chi connectivity index (χ1v) is 5.42. The highest BCUT2D eigenvalue weighted by Crippen LogP contribution is 2.33. The first-order chi connectivity index (χ1) is 7.43. The smallest absolute Gasteiger partial charge is 0.126 e. The van der Waals surface area contributed by atoms with Crippen LogP contribution >= 0.6 is 0 Å². The van der Waals surface area contributed by atoms with Crippen LogP contribution in [-0.4, -0.2) is 25.9 Å². The van der Waals surface area contributed by atoms with Crippen LogP contribution in [0.5, 0.6) is 11.5 Å². The van der Waals surface area contributed by atoms with Crippen LogP contribution in [0.15, 0.2) is 18.2 Å². The minimum atomic E-state index is 0.311. The summed E-state index contributed by atoms with van der Waals surface area (Å²) in [6.45, 7) is 2.32. The Morgan fingerprint density at radius 1 is 1.40 bits per heavy atom. The normalized spacial score (nSPS) is 22.8. The van der Waals surface area contributed by atoms with Gasteiger partial charge in [-0.3, -0.25) is 0 Å². The average molecular weight is 206 g/mol. The van der Waals surface area contributed by atoms with Gasteiger partial charge in [-0.15, -0.1) is 0 Å². The Balaban J connectivity index is 1.79. The topological polar surface area (TPSA) is 31.0 Å². The molecule has 0 bridgehead atoms. The number of hydrogen-bond acceptors (Lipinski definition) is 3. The second-order valence-electron chi connectivity index (χ2n) is 3.95. The molecule has 0 saturated carbocycles. The number of epoxide rings is 1. The lowest BCUT2D eigenvalue weighted by Crippen LogP contribution is -2.11. The zero-order valence-corrected chi connectivity index (χ0v) is 8.57. The Bertz CT molecular complexity index is 358. The van der Waals surface area contributed by atoms with Crippen molar-refractivity contribution in [3.8, 4) is 11.5 Å². The molecule has 2 heterocycles. The van der Waals surface area contributed by atoms with Crippen molar-refractivity contribution in [2.24, 2.45) is 0 Å². The highest BCUT2D eigenvalue weighted by molar-refractivity contribution is 5.45. The molecule has 15 heavy (non-hydrogen) atoms. The summed E-state index contributed by atoms with van der Waals surface area (Å²) in [4.78, 5) is 0. The molecule has 3 rings (SSSR count). The predicted molar refractivity (Wildman–Crippen MR) is 55.5 cm³/mol. The van der Waals surface area contributed by atoms with E-state index in [1.165, 1.54) is 5.56 Å². The van der Waals surface area contributed by atoms with E-state index >= 15 is 0 Å². The van der Waals surface area contributed by atoms with Gasteiger partial charge in [-0.2, -0.15) is 0 Å². The lowest BCUT2D eigenvalue weighted by molar-refractivity contribution is 0.249. The maximum atomic E-state index is 5.72. The second-order valence-corrected chi connectivity index (χ2v) is 3.95. The number of fused-ring (bicyclic) bond motifs is 1. The van der Waals surface area contributed by atoms with E-state index in [-0.39, 0.29) is 0 Å². The van der Waals surface area contributed by atoms with E-state index in [0.29, 0.717) is 12.7 Å². The van der Waals surface area contributed by atoms with Gasteiger partial charge in [-0.1, -0.05) is 6.07 Å². The number of ether oxygens (including phenoxy) is 3. The Morgan fingerprint density at radius 2 is 2.33 bits per heavy atom. The zero-order valence-electron chi connectivity index (χ0n) is 8.57. The summed E-state index contributed by atoms with van der Waals surface area (Å²) >= 11 is 0. The highest BCUT2D eigenvalue weighted by Gasteiger charge is 2.24. The van der Waals surface area contributed by atoms with Crippen molar-refractivity contribution >= 4 is 0 Å². The molecule has 80 valence electrons. The van der Waals surface area contributed by atoms with Crippen molar-refractivity contribution in [1.82, 2.24) is 0 Å². The molecule has 0 aromatic heterocycles. The van der Waals surface area contributed by atoms with E-state index < -0.39 is 0 Å². The van der Waals surface area contributed by atoms with Crippen molar-refractivity contribution in [3.05, 3.63) is 23.8 Å². The van der Waals surface area contributed by atoms with Gasteiger partial charge in [0.05, 0.1) is 13.2 Å². The lowest BCUT2D eigenvalue weighted by Gasteiger charge is -2.19. The van der Waals surface area contributed by atoms with Gasteiger partial charge < -0.3 is 14.2 Å². The molecule has 0 N–H and O–H groups in total. The van der Waals surface area contributed by atoms with Crippen LogP contribution in [0.4, 0.5) is 0 Å². The first kappa shape index (κ1) is 9.04. The number of hydrogen-bond donors (Lipinski definition) is 0. The average Bonchev–Trinajstić information content (AvgIpc) is 3.10. The molecule has 0 radical (unpaired) electrons. The highest BCUT2D eigenvalue weighted by atomic mass is 16.6. The summed E-state index contributed by atoms with van der Waals surface area (Å²) in [5, 5.41) is 0. The zero-order chi connectivity index (χ0) is 10.1. The van der Waals surface area contributed by atoms with E-state index in [2.05, 4.69) is 0 Å². The van der Waals surface area contributed by atoms with Gasteiger partial charge in [0.1, 0.15) is 24.2 Å². The molecule has 1 aromatic carbocycles. The maximum Gasteiger partial charge on any atom is 0.126 e. The standard InChI is InChI=1S/C12H14O3/c1-4-11-10(3-2-6-13-11)12(5-1)15-8-9-7-14-9/h1,4-5,9H,2-3,6-8H2. The molecule has 0 spiro atoms. The van der Waals surface area contributed by atoms with Gasteiger partial charge in [0, 0.05) is 5.56 Å². The fourth-order valence-electron chi connectivity index (χ4n) is 1.84. The van der Waals surface area contributed by atoms with Crippen LogP contribution in [0.1, 0.15) is 12.0 Å². The van der Waals surface area contributed by atoms with Gasteiger partial charge in [-0.05, 0) is 25.0 Å². The minimum Gasteiger partial charge on any atom is -0.493 e. The summed E-state index contributed by atoms with van der Waals surface area (Å²) in [6.07, 6.45) is 2.44. The Hall–Kier alpha value is -1.22. The third-order valence-electron chi connectivity index (χ3n) is 2.75. The van der Waals surface area contributed by atoms with Crippen LogP contribution in [0.25, 0.3) is 0 Å². The van der Waals surface area contributed by atoms with Crippen molar-refractivity contribution in [3.63, 3.8) is 0 Å². The molecule has 3 heteroatoms. The number of rotatable bonds is 3. The monoisotopic (exact) mass is 206 g/mol. The Kier molecular flexibility index (Phi) is 2.25. The van der Waals surface area contributed by atoms with Crippen molar-refractivity contribution in [1.29, 1.82) is 0 Å². The summed E-state index contributed by atoms with van der Waals surface area (Å²) in [6, 6.07) is 6.00. The minimum absolute atomic E-state index is 0.311. The second kappa shape index (κ2) is 3.74. The van der Waals surface area contributed by atoms with Gasteiger partial charge >= 0.3 is 0 Å². The molecular weight excluding hydrogens is 192 g/mol. The van der Waals surface area contributed by atoms with E-state index in [1.54, 1.807) is 0 Å². The number of benzene rings is 1. The largest absolute Gasteiger partial charge is 0.493 e. The maximum absolute atomic E-state index is 5.72. The van der Waals surface area contributed by atoms with Crippen LogP contribution in [0.2, 0.25) is 0 Å². The molecule has 3 nitrogen and oxygen atoms in total. The molecule has 0 amide bonds. The fraction of sp³-hybridized carbons (Fsp3) is 0.500. The molecule has 2 aliphatic rings. The van der Waals surface area contributed by atoms with Crippen LogP contribution in [-0.2, 0) is 11.2 Å². The molecule has 1 saturated heterocycles. The molecule has 1 fully saturated rings. The SMILES string of the molecule is c1cc2c(c(OCC3CO3)c1)CCCO2. The van der Waals surface area contributed by atoms with Crippen LogP contribution in [0, 0.1) is 0 Å². The molecule has 1 unspecified atom stereocenters. The summed E-state index contributed by atoms with van der Waals surface area (Å²) in [5.41, 5.74) is 1.21. The van der Waals surface area contributed by atoms with E-state index in [4.69, 9.17) is 14.2 Å². The van der Waals surface area contributed by atoms with E-state index in [0.717, 1.165) is 37.6 Å². The summed E-state index contributed by atoms with van der Waals surface area (Å²) < 4.78 is 16.4. The van der Waals surface area contributed by atoms with Crippen molar-refractivity contribution in [2.75, 3.05) is 19.8 Å². The quantitative estimate of drug-likeness (QED) is 0.706. The van der Waals surface area contributed by atoms with Gasteiger partial charge in [0.25, 0.3) is 0 Å². The summed E-state index contributed by atoms with van der Waals surface area (Å²) in [7, 11) is 0. The summed E-state index contributed by atoms with van der Waals surface area (Å²) in [5.74, 6) is 1.94. The Labute approximate surface area is 89.0 Å². The predicted octanol–water partition coefficient (Wildman–Crippen LogP) is 1.79. The molecular formula is C12H14O3. The third kappa shape index (κ3) is 1.92. The first-order valence-electron chi connectivity index (χ1n) is 5.42. The Morgan fingerprint density at radius 3 is 3.20 bits per heavy atom. The van der Waals surface area contributed by atoms with Crippen molar-refractivity contribution < 1.29 is 14.2 Å². The molecule has 2 aliphatic heterocycles. The lowest BCUT2D eigenvalue weighted by atomic mass is 10.1. The molecule has 1 aromatic rings.